The molecule has 0 aliphatic heterocycles. The number of rotatable bonds is 4. The van der Waals surface area contributed by atoms with Crippen molar-refractivity contribution in [2.45, 2.75) is 13.8 Å². The third-order valence-electron chi connectivity index (χ3n) is 2.54. The number of aryl methyl sites for hydroxylation is 1. The van der Waals surface area contributed by atoms with Gasteiger partial charge in [-0.05, 0) is 18.6 Å². The molecule has 0 bridgehead atoms. The molecule has 0 saturated heterocycles. The molecule has 1 aromatic rings. The molecule has 4 nitrogen and oxygen atoms in total. The van der Waals surface area contributed by atoms with E-state index in [0.717, 1.165) is 5.56 Å². The minimum atomic E-state index is -0.240. The zero-order valence-electron chi connectivity index (χ0n) is 10.2. The summed E-state index contributed by atoms with van der Waals surface area (Å²) in [6, 6.07) is 3.46. The van der Waals surface area contributed by atoms with Crippen LogP contribution >= 0.6 is 11.6 Å². The van der Waals surface area contributed by atoms with Gasteiger partial charge in [-0.25, -0.2) is 0 Å². The van der Waals surface area contributed by atoms with Gasteiger partial charge in [0.15, 0.2) is 0 Å². The lowest BCUT2D eigenvalue weighted by molar-refractivity contribution is -0.119. The van der Waals surface area contributed by atoms with Gasteiger partial charge in [-0.15, -0.1) is 0 Å². The van der Waals surface area contributed by atoms with E-state index < -0.39 is 0 Å². The highest BCUT2D eigenvalue weighted by Gasteiger charge is 2.14. The van der Waals surface area contributed by atoms with E-state index in [0.29, 0.717) is 23.0 Å². The Hall–Kier alpha value is -1.26. The zero-order chi connectivity index (χ0) is 13.0. The number of anilines is 1. The van der Waals surface area contributed by atoms with Gasteiger partial charge >= 0.3 is 0 Å². The summed E-state index contributed by atoms with van der Waals surface area (Å²) in [7, 11) is 1.53. The van der Waals surface area contributed by atoms with Crippen LogP contribution in [-0.2, 0) is 4.79 Å². The van der Waals surface area contributed by atoms with Crippen LogP contribution in [0.25, 0.3) is 0 Å². The van der Waals surface area contributed by atoms with E-state index >= 15 is 0 Å². The maximum absolute atomic E-state index is 11.7. The molecule has 0 heterocycles. The second-order valence-corrected chi connectivity index (χ2v) is 4.33. The summed E-state index contributed by atoms with van der Waals surface area (Å²) in [6.45, 7) is 3.94. The van der Waals surface area contributed by atoms with Crippen molar-refractivity contribution in [2.24, 2.45) is 11.7 Å². The van der Waals surface area contributed by atoms with Gasteiger partial charge < -0.3 is 15.8 Å². The second kappa shape index (κ2) is 5.89. The molecule has 0 aliphatic rings. The number of nitrogens with one attached hydrogen (secondary N) is 1. The van der Waals surface area contributed by atoms with Crippen molar-refractivity contribution in [3.8, 4) is 5.75 Å². The minimum Gasteiger partial charge on any atom is -0.495 e. The van der Waals surface area contributed by atoms with Crippen molar-refractivity contribution in [1.82, 2.24) is 0 Å². The first-order chi connectivity index (χ1) is 7.99. The summed E-state index contributed by atoms with van der Waals surface area (Å²) in [4.78, 5) is 11.7. The first kappa shape index (κ1) is 13.8. The molecular formula is C12H17ClN2O2. The fourth-order valence-electron chi connectivity index (χ4n) is 1.29. The highest BCUT2D eigenvalue weighted by molar-refractivity contribution is 6.31. The molecular weight excluding hydrogens is 240 g/mol. The van der Waals surface area contributed by atoms with Crippen molar-refractivity contribution in [2.75, 3.05) is 19.0 Å². The van der Waals surface area contributed by atoms with Crippen LogP contribution in [0.2, 0.25) is 5.02 Å². The molecule has 0 saturated carbocycles. The molecule has 94 valence electrons. The van der Waals surface area contributed by atoms with Crippen LogP contribution in [0.3, 0.4) is 0 Å². The van der Waals surface area contributed by atoms with E-state index in [-0.39, 0.29) is 11.8 Å². The van der Waals surface area contributed by atoms with Crippen molar-refractivity contribution in [1.29, 1.82) is 0 Å². The second-order valence-electron chi connectivity index (χ2n) is 3.93. The van der Waals surface area contributed by atoms with Crippen LogP contribution in [0.1, 0.15) is 12.5 Å². The molecule has 1 aromatic carbocycles. The lowest BCUT2D eigenvalue weighted by Crippen LogP contribution is -2.26. The van der Waals surface area contributed by atoms with E-state index in [4.69, 9.17) is 22.1 Å². The molecule has 1 atom stereocenters. The monoisotopic (exact) mass is 256 g/mol. The molecule has 1 unspecified atom stereocenters. The molecule has 0 fully saturated rings. The molecule has 17 heavy (non-hydrogen) atoms. The number of carbonyl (C=O) groups excluding carboxylic acids is 1. The van der Waals surface area contributed by atoms with E-state index in [2.05, 4.69) is 5.32 Å². The Bertz CT molecular complexity index is 421. The predicted molar refractivity (Wildman–Crippen MR) is 69.6 cm³/mol. The van der Waals surface area contributed by atoms with E-state index in [1.165, 1.54) is 7.11 Å². The SMILES string of the molecule is COc1cc(Cl)c(C)cc1NC(=O)C(C)CN. The number of amides is 1. The number of hydrogen-bond acceptors (Lipinski definition) is 3. The number of benzene rings is 1. The third kappa shape index (κ3) is 3.35. The number of nitrogens with two attached hydrogens (primary N) is 1. The normalized spacial score (nSPS) is 12.1. The van der Waals surface area contributed by atoms with E-state index in [9.17, 15) is 4.79 Å². The topological polar surface area (TPSA) is 64.3 Å². The number of ether oxygens (including phenoxy) is 1. The summed E-state index contributed by atoms with van der Waals surface area (Å²) >= 11 is 5.98. The largest absolute Gasteiger partial charge is 0.495 e. The van der Waals surface area contributed by atoms with Crippen molar-refractivity contribution in [3.05, 3.63) is 22.7 Å². The molecule has 0 spiro atoms. The molecule has 5 heteroatoms. The first-order valence-corrected chi connectivity index (χ1v) is 5.72. The number of hydrogen-bond donors (Lipinski definition) is 2. The third-order valence-corrected chi connectivity index (χ3v) is 2.95. The summed E-state index contributed by atoms with van der Waals surface area (Å²) < 4.78 is 5.17. The van der Waals surface area contributed by atoms with E-state index in [1.807, 2.05) is 6.92 Å². The fourth-order valence-corrected chi connectivity index (χ4v) is 1.45. The summed E-state index contributed by atoms with van der Waals surface area (Å²) in [5, 5.41) is 3.38. The number of methoxy groups -OCH3 is 1. The summed E-state index contributed by atoms with van der Waals surface area (Å²) in [5.74, 6) is 0.168. The van der Waals surface area contributed by atoms with Crippen molar-refractivity contribution in [3.63, 3.8) is 0 Å². The number of carbonyl (C=O) groups is 1. The van der Waals surface area contributed by atoms with Crippen LogP contribution in [0.5, 0.6) is 5.75 Å². The lowest BCUT2D eigenvalue weighted by atomic mass is 10.1. The highest BCUT2D eigenvalue weighted by atomic mass is 35.5. The Morgan fingerprint density at radius 1 is 1.59 bits per heavy atom. The van der Waals surface area contributed by atoms with Crippen LogP contribution in [0.15, 0.2) is 12.1 Å². The Kier molecular flexibility index (Phi) is 4.78. The predicted octanol–water partition coefficient (Wildman–Crippen LogP) is 2.19. The molecule has 0 aliphatic carbocycles. The highest BCUT2D eigenvalue weighted by Crippen LogP contribution is 2.31. The first-order valence-electron chi connectivity index (χ1n) is 5.34. The Morgan fingerprint density at radius 3 is 2.76 bits per heavy atom. The van der Waals surface area contributed by atoms with Crippen LogP contribution < -0.4 is 15.8 Å². The van der Waals surface area contributed by atoms with Gasteiger partial charge in [-0.3, -0.25) is 4.79 Å². The van der Waals surface area contributed by atoms with E-state index in [1.54, 1.807) is 19.1 Å². The van der Waals surface area contributed by atoms with Crippen LogP contribution in [-0.4, -0.2) is 19.6 Å². The average Bonchev–Trinajstić information content (AvgIpc) is 2.32. The Balaban J connectivity index is 2.97. The number of halogens is 1. The Morgan fingerprint density at radius 2 is 2.24 bits per heavy atom. The van der Waals surface area contributed by atoms with Gasteiger partial charge in [0.1, 0.15) is 5.75 Å². The molecule has 3 N–H and O–H groups in total. The zero-order valence-corrected chi connectivity index (χ0v) is 11.0. The average molecular weight is 257 g/mol. The minimum absolute atomic E-state index is 0.132. The van der Waals surface area contributed by atoms with Gasteiger partial charge in [0.05, 0.1) is 12.8 Å². The molecule has 1 rings (SSSR count). The Labute approximate surface area is 106 Å². The molecule has 0 radical (unpaired) electrons. The maximum Gasteiger partial charge on any atom is 0.228 e. The van der Waals surface area contributed by atoms with Crippen LogP contribution in [0.4, 0.5) is 5.69 Å². The van der Waals surface area contributed by atoms with Gasteiger partial charge in [-0.2, -0.15) is 0 Å². The van der Waals surface area contributed by atoms with Crippen LogP contribution in [0, 0.1) is 12.8 Å². The smallest absolute Gasteiger partial charge is 0.228 e. The quantitative estimate of drug-likeness (QED) is 0.868. The lowest BCUT2D eigenvalue weighted by Gasteiger charge is -2.14. The summed E-state index contributed by atoms with van der Waals surface area (Å²) in [6.07, 6.45) is 0. The fraction of sp³-hybridized carbons (Fsp3) is 0.417. The van der Waals surface area contributed by atoms with Crippen molar-refractivity contribution >= 4 is 23.2 Å². The molecule has 1 amide bonds. The standard InChI is InChI=1S/C12H17ClN2O2/c1-7-4-10(11(17-3)5-9(7)13)15-12(16)8(2)6-14/h4-5,8H,6,14H2,1-3H3,(H,15,16). The van der Waals surface area contributed by atoms with Crippen molar-refractivity contribution < 1.29 is 9.53 Å². The van der Waals surface area contributed by atoms with Gasteiger partial charge in [-0.1, -0.05) is 18.5 Å². The van der Waals surface area contributed by atoms with Gasteiger partial charge in [0, 0.05) is 23.6 Å². The summed E-state index contributed by atoms with van der Waals surface area (Å²) in [5.41, 5.74) is 6.93. The van der Waals surface area contributed by atoms with Gasteiger partial charge in [0.2, 0.25) is 5.91 Å². The maximum atomic E-state index is 11.7. The molecule has 0 aromatic heterocycles. The van der Waals surface area contributed by atoms with Gasteiger partial charge in [0.25, 0.3) is 0 Å².